The van der Waals surface area contributed by atoms with Gasteiger partial charge in [0, 0.05) is 49.3 Å². The van der Waals surface area contributed by atoms with Crippen LogP contribution in [0.15, 0.2) is 67.0 Å². The van der Waals surface area contributed by atoms with Crippen molar-refractivity contribution in [2.45, 2.75) is 45.7 Å². The summed E-state index contributed by atoms with van der Waals surface area (Å²) in [5, 5.41) is 6.67. The molecule has 7 heteroatoms. The predicted octanol–water partition coefficient (Wildman–Crippen LogP) is 3.88. The van der Waals surface area contributed by atoms with Crippen molar-refractivity contribution in [3.05, 3.63) is 78.1 Å². The molecule has 3 N–H and O–H groups in total. The molecule has 1 aromatic heterocycles. The second-order valence-corrected chi connectivity index (χ2v) is 8.85. The second-order valence-electron chi connectivity index (χ2n) is 8.85. The Kier molecular flexibility index (Phi) is 8.84. The summed E-state index contributed by atoms with van der Waals surface area (Å²) < 4.78 is 0. The Bertz CT molecular complexity index is 1190. The quantitative estimate of drug-likeness (QED) is 0.416. The molecular weight excluding hydrogens is 440 g/mol. The number of fused-ring (bicyclic) bond motifs is 1. The normalized spacial score (nSPS) is 13.8. The van der Waals surface area contributed by atoms with Gasteiger partial charge in [0.25, 0.3) is 0 Å². The van der Waals surface area contributed by atoms with Gasteiger partial charge in [-0.05, 0) is 23.6 Å². The Labute approximate surface area is 206 Å². The molecule has 0 saturated heterocycles. The molecule has 3 rings (SSSR count). The minimum Gasteiger partial charge on any atom is -0.361 e. The minimum atomic E-state index is -0.752. The molecule has 3 amide bonds. The first-order valence-corrected chi connectivity index (χ1v) is 11.9. The van der Waals surface area contributed by atoms with E-state index in [1.54, 1.807) is 13.2 Å². The van der Waals surface area contributed by atoms with E-state index in [-0.39, 0.29) is 23.6 Å². The molecular formula is C28H34N4O3. The zero-order chi connectivity index (χ0) is 25.4. The van der Waals surface area contributed by atoms with E-state index in [9.17, 15) is 14.4 Å². The number of hydrogen-bond acceptors (Lipinski definition) is 3. The van der Waals surface area contributed by atoms with E-state index in [1.165, 1.54) is 11.8 Å². The summed E-state index contributed by atoms with van der Waals surface area (Å²) in [6.07, 6.45) is 6.39. The van der Waals surface area contributed by atoms with Crippen LogP contribution < -0.4 is 10.6 Å². The van der Waals surface area contributed by atoms with Crippen molar-refractivity contribution < 1.29 is 14.4 Å². The van der Waals surface area contributed by atoms with Gasteiger partial charge in [-0.1, -0.05) is 68.8 Å². The Hall–Kier alpha value is -3.87. The van der Waals surface area contributed by atoms with Gasteiger partial charge in [0.15, 0.2) is 0 Å². The lowest BCUT2D eigenvalue weighted by Crippen LogP contribution is -2.56. The van der Waals surface area contributed by atoms with Gasteiger partial charge in [0.05, 0.1) is 0 Å². The molecule has 0 saturated carbocycles. The van der Waals surface area contributed by atoms with E-state index in [0.717, 1.165) is 22.0 Å². The molecule has 0 bridgehead atoms. The topological polar surface area (TPSA) is 94.3 Å². The van der Waals surface area contributed by atoms with E-state index < -0.39 is 12.1 Å². The van der Waals surface area contributed by atoms with Crippen molar-refractivity contribution in [1.29, 1.82) is 0 Å². The molecule has 0 aliphatic carbocycles. The minimum absolute atomic E-state index is 0.0731. The third-order valence-electron chi connectivity index (χ3n) is 6.34. The molecule has 2 aromatic carbocycles. The summed E-state index contributed by atoms with van der Waals surface area (Å²) >= 11 is 0. The van der Waals surface area contributed by atoms with Gasteiger partial charge >= 0.3 is 0 Å². The highest BCUT2D eigenvalue weighted by atomic mass is 16.2. The number of nitrogens with zero attached hydrogens (tertiary/aromatic N) is 1. The zero-order valence-corrected chi connectivity index (χ0v) is 20.7. The molecule has 0 spiro atoms. The molecule has 0 aliphatic heterocycles. The summed E-state index contributed by atoms with van der Waals surface area (Å²) in [6, 6.07) is 16.1. The first-order valence-electron chi connectivity index (χ1n) is 11.9. The van der Waals surface area contributed by atoms with E-state index >= 15 is 0 Å². The smallest absolute Gasteiger partial charge is 0.247 e. The number of amides is 3. The Morgan fingerprint density at radius 3 is 2.43 bits per heavy atom. The van der Waals surface area contributed by atoms with Crippen molar-refractivity contribution in [1.82, 2.24) is 20.5 Å². The van der Waals surface area contributed by atoms with Crippen LogP contribution in [-0.4, -0.2) is 46.7 Å². The van der Waals surface area contributed by atoms with Crippen LogP contribution in [0.1, 0.15) is 38.3 Å². The Balaban J connectivity index is 1.81. The number of nitrogens with one attached hydrogen (secondary N) is 3. The van der Waals surface area contributed by atoms with E-state index in [0.29, 0.717) is 12.8 Å². The van der Waals surface area contributed by atoms with Gasteiger partial charge in [-0.25, -0.2) is 0 Å². The first kappa shape index (κ1) is 25.7. The second kappa shape index (κ2) is 12.0. The van der Waals surface area contributed by atoms with Crippen LogP contribution in [0.25, 0.3) is 17.0 Å². The highest BCUT2D eigenvalue weighted by Gasteiger charge is 2.33. The number of carbonyl (C=O) groups excluding carboxylic acids is 3. The third kappa shape index (κ3) is 6.59. The van der Waals surface area contributed by atoms with Gasteiger partial charge in [0.2, 0.25) is 17.7 Å². The molecule has 0 aliphatic rings. The predicted molar refractivity (Wildman–Crippen MR) is 139 cm³/mol. The van der Waals surface area contributed by atoms with Crippen molar-refractivity contribution in [2.75, 3.05) is 7.05 Å². The molecule has 184 valence electrons. The van der Waals surface area contributed by atoms with Crippen LogP contribution in [0.5, 0.6) is 0 Å². The Morgan fingerprint density at radius 2 is 1.74 bits per heavy atom. The molecule has 7 nitrogen and oxygen atoms in total. The van der Waals surface area contributed by atoms with Gasteiger partial charge in [0.1, 0.15) is 12.1 Å². The average Bonchev–Trinajstić information content (AvgIpc) is 3.28. The van der Waals surface area contributed by atoms with Crippen molar-refractivity contribution in [2.24, 2.45) is 5.92 Å². The van der Waals surface area contributed by atoms with E-state index in [4.69, 9.17) is 0 Å². The molecule has 0 fully saturated rings. The maximum atomic E-state index is 13.4. The summed E-state index contributed by atoms with van der Waals surface area (Å²) in [5.74, 6) is -0.934. The first-order chi connectivity index (χ1) is 16.8. The lowest BCUT2D eigenvalue weighted by atomic mass is 9.96. The van der Waals surface area contributed by atoms with Crippen LogP contribution in [0, 0.1) is 5.92 Å². The van der Waals surface area contributed by atoms with Gasteiger partial charge < -0.3 is 20.5 Å². The maximum absolute atomic E-state index is 13.4. The zero-order valence-electron chi connectivity index (χ0n) is 20.7. The van der Waals surface area contributed by atoms with Crippen LogP contribution >= 0.6 is 0 Å². The molecule has 3 aromatic rings. The fraction of sp³-hybridized carbons (Fsp3) is 0.321. The molecule has 0 unspecified atom stereocenters. The van der Waals surface area contributed by atoms with Crippen LogP contribution in [-0.2, 0) is 20.8 Å². The number of carbonyl (C=O) groups is 3. The maximum Gasteiger partial charge on any atom is 0.247 e. The fourth-order valence-corrected chi connectivity index (χ4v) is 4.06. The van der Waals surface area contributed by atoms with E-state index in [2.05, 4.69) is 15.6 Å². The largest absolute Gasteiger partial charge is 0.361 e. The summed E-state index contributed by atoms with van der Waals surface area (Å²) in [4.78, 5) is 43.2. The summed E-state index contributed by atoms with van der Waals surface area (Å²) in [7, 11) is 1.62. The fourth-order valence-electron chi connectivity index (χ4n) is 4.06. The third-order valence-corrected chi connectivity index (χ3v) is 6.34. The lowest BCUT2D eigenvalue weighted by molar-refractivity contribution is -0.142. The summed E-state index contributed by atoms with van der Waals surface area (Å²) in [5.41, 5.74) is 2.90. The number of rotatable bonds is 10. The monoisotopic (exact) mass is 474 g/mol. The lowest BCUT2D eigenvalue weighted by Gasteiger charge is -2.32. The molecule has 0 radical (unpaired) electrons. The van der Waals surface area contributed by atoms with Gasteiger partial charge in [-0.2, -0.15) is 0 Å². The molecule has 3 atom stereocenters. The van der Waals surface area contributed by atoms with Crippen molar-refractivity contribution in [3.8, 4) is 0 Å². The van der Waals surface area contributed by atoms with Crippen LogP contribution in [0.3, 0.4) is 0 Å². The number of aromatic amines is 1. The van der Waals surface area contributed by atoms with Gasteiger partial charge in [-0.15, -0.1) is 0 Å². The van der Waals surface area contributed by atoms with Crippen LogP contribution in [0.4, 0.5) is 0 Å². The number of hydrogen-bond donors (Lipinski definition) is 3. The molecule has 1 heterocycles. The Morgan fingerprint density at radius 1 is 1.06 bits per heavy atom. The van der Waals surface area contributed by atoms with Crippen LogP contribution in [0.2, 0.25) is 0 Å². The van der Waals surface area contributed by atoms with Crippen molar-refractivity contribution in [3.63, 3.8) is 0 Å². The SMILES string of the molecule is CC[C@@H](C)[C@H](NC(C)=O)C(=O)N(C)[C@@H](Cc1ccccc1)C(=O)N/C=C/c1c[nH]c2ccccc12. The molecule has 35 heavy (non-hydrogen) atoms. The highest BCUT2D eigenvalue weighted by Crippen LogP contribution is 2.19. The number of para-hydroxylation sites is 1. The number of H-pyrrole nitrogens is 1. The summed E-state index contributed by atoms with van der Waals surface area (Å²) in [6.45, 7) is 5.28. The average molecular weight is 475 g/mol. The van der Waals surface area contributed by atoms with Gasteiger partial charge in [-0.3, -0.25) is 14.4 Å². The number of benzene rings is 2. The van der Waals surface area contributed by atoms with E-state index in [1.807, 2.05) is 80.7 Å². The van der Waals surface area contributed by atoms with Crippen molar-refractivity contribution >= 4 is 34.7 Å². The number of likely N-dealkylation sites (N-methyl/N-ethyl adjacent to an activating group) is 1. The standard InChI is InChI=1S/C28H34N4O3/c1-5-19(2)26(31-20(3)33)28(35)32(4)25(17-21-11-7-6-8-12-21)27(34)29-16-15-22-18-30-24-14-10-9-13-23(22)24/h6-16,18-19,25-26,30H,5,17H2,1-4H3,(H,29,34)(H,31,33)/b16-15+/t19-,25+,26+/m1/s1. The number of aromatic nitrogens is 1. The highest BCUT2D eigenvalue weighted by molar-refractivity contribution is 5.93.